The molecule has 0 aliphatic carbocycles. The molecule has 2 aromatic carbocycles. The first-order valence-electron chi connectivity index (χ1n) is 12.7. The summed E-state index contributed by atoms with van der Waals surface area (Å²) < 4.78 is 6.16. The van der Waals surface area contributed by atoms with E-state index >= 15 is 0 Å². The number of rotatable bonds is 13. The lowest BCUT2D eigenvalue weighted by molar-refractivity contribution is -0.137. The second-order valence-electron chi connectivity index (χ2n) is 8.99. The number of carboxylic acid groups (broad SMARTS) is 1. The number of carbonyl (C=O) groups excluding carboxylic acids is 3. The summed E-state index contributed by atoms with van der Waals surface area (Å²) in [5, 5.41) is 22.2. The monoisotopic (exact) mass is 579 g/mol. The molecule has 208 valence electrons. The van der Waals surface area contributed by atoms with Crippen LogP contribution in [0, 0.1) is 0 Å². The fourth-order valence-electron chi connectivity index (χ4n) is 3.98. The maximum absolute atomic E-state index is 13.4. The summed E-state index contributed by atoms with van der Waals surface area (Å²) in [5.41, 5.74) is 2.08. The number of anilines is 1. The number of aryl methyl sites for hydroxylation is 1. The highest BCUT2D eigenvalue weighted by atomic mass is 32.1. The molecule has 2 aromatic heterocycles. The largest absolute Gasteiger partial charge is 0.481 e. The molecule has 0 aliphatic heterocycles. The molecule has 0 bridgehead atoms. The van der Waals surface area contributed by atoms with E-state index in [0.29, 0.717) is 22.5 Å². The van der Waals surface area contributed by atoms with E-state index in [4.69, 9.17) is 9.84 Å². The minimum atomic E-state index is -0.934. The first kappa shape index (κ1) is 28.8. The predicted octanol–water partition coefficient (Wildman–Crippen LogP) is 5.42. The number of hydrogen-bond donors (Lipinski definition) is 4. The second-order valence-corrected chi connectivity index (χ2v) is 10.9. The highest BCUT2D eigenvalue weighted by molar-refractivity contribution is 7.20. The number of ether oxygens (including phenoxy) is 1. The van der Waals surface area contributed by atoms with Crippen LogP contribution in [0.15, 0.2) is 71.4 Å². The van der Waals surface area contributed by atoms with Gasteiger partial charge in [-0.15, -0.1) is 11.3 Å². The number of amides is 3. The Morgan fingerprint density at radius 2 is 1.80 bits per heavy atom. The molecule has 0 spiro atoms. The maximum atomic E-state index is 13.4. The third kappa shape index (κ3) is 8.39. The number of carboxylic acids is 1. The average molecular weight is 580 g/mol. The molecule has 0 saturated heterocycles. The molecule has 0 aliphatic rings. The lowest BCUT2D eigenvalue weighted by Gasteiger charge is -2.19. The van der Waals surface area contributed by atoms with E-state index in [-0.39, 0.29) is 38.3 Å². The number of thiophene rings is 2. The molecule has 4 rings (SSSR count). The summed E-state index contributed by atoms with van der Waals surface area (Å²) in [7, 11) is 0. The van der Waals surface area contributed by atoms with Crippen molar-refractivity contribution in [2.45, 2.75) is 38.3 Å². The van der Waals surface area contributed by atoms with Gasteiger partial charge in [0.05, 0.1) is 4.88 Å². The molecule has 4 aromatic rings. The molecule has 11 heteroatoms. The number of aliphatic carboxylic acids is 1. The van der Waals surface area contributed by atoms with Gasteiger partial charge in [0.15, 0.2) is 0 Å². The van der Waals surface area contributed by atoms with E-state index in [9.17, 15) is 19.2 Å². The molecule has 3 amide bonds. The van der Waals surface area contributed by atoms with Crippen molar-refractivity contribution >= 4 is 62.3 Å². The van der Waals surface area contributed by atoms with Crippen molar-refractivity contribution < 1.29 is 29.0 Å². The number of alkyl carbamates (subject to hydrolysis) is 1. The molecule has 1 atom stereocenters. The molecule has 0 unspecified atom stereocenters. The normalized spacial score (nSPS) is 11.5. The minimum absolute atomic E-state index is 0.0762. The van der Waals surface area contributed by atoms with Crippen molar-refractivity contribution in [2.24, 2.45) is 0 Å². The zero-order valence-electron chi connectivity index (χ0n) is 21.6. The lowest BCUT2D eigenvalue weighted by atomic mass is 10.1. The Morgan fingerprint density at radius 3 is 2.58 bits per heavy atom. The third-order valence-corrected chi connectivity index (χ3v) is 7.89. The molecule has 4 N–H and O–H groups in total. The van der Waals surface area contributed by atoms with E-state index in [2.05, 4.69) is 16.0 Å². The minimum Gasteiger partial charge on any atom is -0.481 e. The zero-order valence-corrected chi connectivity index (χ0v) is 23.2. The van der Waals surface area contributed by atoms with E-state index in [1.54, 1.807) is 30.3 Å². The summed E-state index contributed by atoms with van der Waals surface area (Å²) in [6, 6.07) is 17.4. The first-order valence-corrected chi connectivity index (χ1v) is 14.5. The number of carbonyl (C=O) groups is 4. The molecule has 0 fully saturated rings. The Morgan fingerprint density at radius 1 is 1.00 bits per heavy atom. The van der Waals surface area contributed by atoms with Crippen LogP contribution in [0.2, 0.25) is 0 Å². The molecular weight excluding hydrogens is 550 g/mol. The fraction of sp³-hybridized carbons (Fsp3) is 0.241. The number of benzene rings is 2. The van der Waals surface area contributed by atoms with Crippen molar-refractivity contribution in [1.29, 1.82) is 0 Å². The summed E-state index contributed by atoms with van der Waals surface area (Å²) >= 11 is 2.86. The topological polar surface area (TPSA) is 134 Å². The summed E-state index contributed by atoms with van der Waals surface area (Å²) in [6.45, 7) is 0.424. The Hall–Kier alpha value is -4.22. The van der Waals surface area contributed by atoms with E-state index in [0.717, 1.165) is 15.6 Å². The van der Waals surface area contributed by atoms with Gasteiger partial charge in [0.2, 0.25) is 5.91 Å². The first-order chi connectivity index (χ1) is 19.4. The number of fused-ring (bicyclic) bond motifs is 1. The average Bonchev–Trinajstić information content (AvgIpc) is 3.63. The van der Waals surface area contributed by atoms with Crippen molar-refractivity contribution in [1.82, 2.24) is 10.6 Å². The second kappa shape index (κ2) is 14.2. The molecule has 40 heavy (non-hydrogen) atoms. The van der Waals surface area contributed by atoms with Crippen LogP contribution < -0.4 is 16.0 Å². The van der Waals surface area contributed by atoms with Gasteiger partial charge in [-0.1, -0.05) is 36.4 Å². The van der Waals surface area contributed by atoms with Crippen LogP contribution in [-0.4, -0.2) is 41.6 Å². The van der Waals surface area contributed by atoms with Crippen molar-refractivity contribution in [3.05, 3.63) is 87.4 Å². The molecule has 9 nitrogen and oxygen atoms in total. The van der Waals surface area contributed by atoms with Gasteiger partial charge in [-0.25, -0.2) is 4.79 Å². The van der Waals surface area contributed by atoms with Crippen LogP contribution in [0.4, 0.5) is 10.5 Å². The van der Waals surface area contributed by atoms with Crippen LogP contribution in [0.25, 0.3) is 10.1 Å². The zero-order chi connectivity index (χ0) is 28.3. The Balaban J connectivity index is 1.39. The molecule has 0 saturated carbocycles. The van der Waals surface area contributed by atoms with Gasteiger partial charge in [-0.3, -0.25) is 14.4 Å². The van der Waals surface area contributed by atoms with Gasteiger partial charge in [0.25, 0.3) is 5.91 Å². The molecule has 2 heterocycles. The van der Waals surface area contributed by atoms with Gasteiger partial charge in [0, 0.05) is 28.9 Å². The van der Waals surface area contributed by atoms with E-state index in [1.807, 2.05) is 41.1 Å². The van der Waals surface area contributed by atoms with Gasteiger partial charge >= 0.3 is 12.1 Å². The standard InChI is InChI=1S/C29H29N3O6S2/c33-26(34)12-11-20-6-1-3-8-22(20)31-27(35)23(9-5-14-30-29(37)38-17-19-13-15-39-18-19)32-28(36)25-16-21-7-2-4-10-24(21)40-25/h1-4,6-8,10,13,15-16,18,23H,5,9,11-12,14,17H2,(H,30,37)(H,31,35)(H,32,36)(H,33,34)/t23-/m0/s1. The van der Waals surface area contributed by atoms with Crippen LogP contribution >= 0.6 is 22.7 Å². The van der Waals surface area contributed by atoms with Crippen molar-refractivity contribution in [3.8, 4) is 0 Å². The SMILES string of the molecule is O=C(O)CCc1ccccc1NC(=O)[C@H](CCCNC(=O)OCc1ccsc1)NC(=O)c1cc2ccccc2s1. The highest BCUT2D eigenvalue weighted by Crippen LogP contribution is 2.25. The van der Waals surface area contributed by atoms with Crippen molar-refractivity contribution in [3.63, 3.8) is 0 Å². The van der Waals surface area contributed by atoms with Gasteiger partial charge in [-0.05, 0) is 65.2 Å². The quantitative estimate of drug-likeness (QED) is 0.156. The van der Waals surface area contributed by atoms with Crippen LogP contribution in [-0.2, 0) is 27.4 Å². The number of hydrogen-bond acceptors (Lipinski definition) is 7. The third-order valence-electron chi connectivity index (χ3n) is 6.04. The van der Waals surface area contributed by atoms with E-state index < -0.39 is 24.0 Å². The summed E-state index contributed by atoms with van der Waals surface area (Å²) in [4.78, 5) is 50.1. The Labute approximate surface area is 239 Å². The van der Waals surface area contributed by atoms with Gasteiger partial charge < -0.3 is 25.8 Å². The fourth-order valence-corrected chi connectivity index (χ4v) is 5.60. The van der Waals surface area contributed by atoms with Crippen molar-refractivity contribution in [2.75, 3.05) is 11.9 Å². The van der Waals surface area contributed by atoms with Crippen LogP contribution in [0.1, 0.15) is 40.1 Å². The molecular formula is C29H29N3O6S2. The predicted molar refractivity (Wildman–Crippen MR) is 156 cm³/mol. The van der Waals surface area contributed by atoms with E-state index in [1.165, 1.54) is 22.7 Å². The smallest absolute Gasteiger partial charge is 0.407 e. The molecule has 0 radical (unpaired) electrons. The maximum Gasteiger partial charge on any atom is 0.407 e. The Bertz CT molecular complexity index is 1430. The lowest BCUT2D eigenvalue weighted by Crippen LogP contribution is -2.44. The number of para-hydroxylation sites is 1. The number of nitrogens with one attached hydrogen (secondary N) is 3. The van der Waals surface area contributed by atoms with Gasteiger partial charge in [-0.2, -0.15) is 11.3 Å². The van der Waals surface area contributed by atoms with Crippen LogP contribution in [0.5, 0.6) is 0 Å². The summed E-state index contributed by atoms with van der Waals surface area (Å²) in [6.07, 6.45) is 0.271. The van der Waals surface area contributed by atoms with Crippen LogP contribution in [0.3, 0.4) is 0 Å². The summed E-state index contributed by atoms with van der Waals surface area (Å²) in [5.74, 6) is -1.74. The highest BCUT2D eigenvalue weighted by Gasteiger charge is 2.23. The Kier molecular flexibility index (Phi) is 10.3. The van der Waals surface area contributed by atoms with Gasteiger partial charge in [0.1, 0.15) is 12.6 Å².